The lowest BCUT2D eigenvalue weighted by Crippen LogP contribution is -2.36. The van der Waals surface area contributed by atoms with E-state index < -0.39 is 0 Å². The van der Waals surface area contributed by atoms with Crippen molar-refractivity contribution in [3.8, 4) is 0 Å². The Bertz CT molecular complexity index is 299. The zero-order chi connectivity index (χ0) is 12.0. The zero-order valence-electron chi connectivity index (χ0n) is 10.4. The van der Waals surface area contributed by atoms with E-state index in [1.807, 2.05) is 33.0 Å². The van der Waals surface area contributed by atoms with Crippen LogP contribution in [0.4, 0.5) is 0 Å². The fraction of sp³-hybridized carbons (Fsp3) is 0.667. The Morgan fingerprint density at radius 3 is 2.81 bits per heavy atom. The number of aliphatic hydroxyl groups excluding tert-OH is 1. The summed E-state index contributed by atoms with van der Waals surface area (Å²) in [7, 11) is 1.98. The molecule has 92 valence electrons. The summed E-state index contributed by atoms with van der Waals surface area (Å²) in [5, 5.41) is 12.8. The van der Waals surface area contributed by atoms with E-state index in [0.717, 1.165) is 24.6 Å². The summed E-state index contributed by atoms with van der Waals surface area (Å²) in [5.41, 5.74) is 0. The number of furan rings is 1. The molecule has 1 heterocycles. The Balaban J connectivity index is 2.27. The van der Waals surface area contributed by atoms with E-state index in [0.29, 0.717) is 13.1 Å². The molecule has 0 amide bonds. The van der Waals surface area contributed by atoms with Crippen molar-refractivity contribution in [2.45, 2.75) is 26.5 Å². The van der Waals surface area contributed by atoms with E-state index >= 15 is 0 Å². The number of aliphatic hydroxyl groups is 1. The Hall–Kier alpha value is -0.840. The monoisotopic (exact) mass is 226 g/mol. The number of nitrogens with zero attached hydrogens (tertiary/aromatic N) is 1. The van der Waals surface area contributed by atoms with Crippen LogP contribution in [0.1, 0.15) is 18.4 Å². The first-order valence-corrected chi connectivity index (χ1v) is 5.74. The van der Waals surface area contributed by atoms with Crippen molar-refractivity contribution in [2.24, 2.45) is 0 Å². The van der Waals surface area contributed by atoms with Crippen molar-refractivity contribution in [2.75, 3.05) is 26.7 Å². The number of aryl methyl sites for hydroxylation is 1. The van der Waals surface area contributed by atoms with Gasteiger partial charge in [0.2, 0.25) is 0 Å². The minimum atomic E-state index is -0.332. The number of hydrogen-bond donors (Lipinski definition) is 2. The number of likely N-dealkylation sites (N-methyl/N-ethyl adjacent to an activating group) is 2. The highest BCUT2D eigenvalue weighted by molar-refractivity contribution is 5.05. The van der Waals surface area contributed by atoms with E-state index in [1.165, 1.54) is 0 Å². The van der Waals surface area contributed by atoms with Crippen LogP contribution in [0.25, 0.3) is 0 Å². The lowest BCUT2D eigenvalue weighted by atomic mass is 10.3. The Labute approximate surface area is 97.2 Å². The summed E-state index contributed by atoms with van der Waals surface area (Å²) >= 11 is 0. The molecule has 0 bridgehead atoms. The third-order valence-corrected chi connectivity index (χ3v) is 2.37. The summed E-state index contributed by atoms with van der Waals surface area (Å²) in [6.45, 7) is 6.87. The molecule has 0 aliphatic rings. The largest absolute Gasteiger partial charge is 0.465 e. The first-order valence-electron chi connectivity index (χ1n) is 5.74. The molecule has 1 aromatic heterocycles. The fourth-order valence-corrected chi connectivity index (χ4v) is 1.64. The third kappa shape index (κ3) is 4.79. The Kier molecular flexibility index (Phi) is 5.52. The van der Waals surface area contributed by atoms with Gasteiger partial charge in [-0.2, -0.15) is 0 Å². The van der Waals surface area contributed by atoms with Crippen LogP contribution in [0.3, 0.4) is 0 Å². The molecule has 0 aromatic carbocycles. The van der Waals surface area contributed by atoms with Gasteiger partial charge in [-0.15, -0.1) is 0 Å². The number of nitrogens with one attached hydrogen (secondary N) is 1. The topological polar surface area (TPSA) is 48.6 Å². The molecule has 0 fully saturated rings. The third-order valence-electron chi connectivity index (χ3n) is 2.37. The molecular formula is C12H22N2O2. The Morgan fingerprint density at radius 1 is 1.50 bits per heavy atom. The molecule has 1 aromatic rings. The molecule has 1 rings (SSSR count). The fourth-order valence-electron chi connectivity index (χ4n) is 1.64. The predicted molar refractivity (Wildman–Crippen MR) is 64.3 cm³/mol. The molecule has 0 saturated heterocycles. The molecule has 1 unspecified atom stereocenters. The molecule has 1 atom stereocenters. The molecule has 0 aliphatic carbocycles. The van der Waals surface area contributed by atoms with Crippen LogP contribution >= 0.6 is 0 Å². The molecule has 0 saturated carbocycles. The zero-order valence-corrected chi connectivity index (χ0v) is 10.4. The van der Waals surface area contributed by atoms with Gasteiger partial charge >= 0.3 is 0 Å². The maximum Gasteiger partial charge on any atom is 0.118 e. The van der Waals surface area contributed by atoms with Gasteiger partial charge < -0.3 is 14.8 Å². The minimum Gasteiger partial charge on any atom is -0.465 e. The van der Waals surface area contributed by atoms with Gasteiger partial charge in [-0.3, -0.25) is 4.90 Å². The van der Waals surface area contributed by atoms with Crippen molar-refractivity contribution in [3.63, 3.8) is 0 Å². The van der Waals surface area contributed by atoms with Gasteiger partial charge in [0.15, 0.2) is 0 Å². The lowest BCUT2D eigenvalue weighted by molar-refractivity contribution is 0.118. The number of hydrogen-bond acceptors (Lipinski definition) is 4. The highest BCUT2D eigenvalue weighted by Crippen LogP contribution is 2.08. The van der Waals surface area contributed by atoms with Crippen molar-refractivity contribution in [1.29, 1.82) is 0 Å². The average molecular weight is 226 g/mol. The standard InChI is InChI=1S/C12H22N2O2/c1-4-13-7-11(15)8-14(3)9-12-6-5-10(2)16-12/h5-6,11,13,15H,4,7-9H2,1-3H3. The summed E-state index contributed by atoms with van der Waals surface area (Å²) in [5.74, 6) is 1.87. The predicted octanol–water partition coefficient (Wildman–Crippen LogP) is 0.990. The van der Waals surface area contributed by atoms with Crippen LogP contribution in [0.15, 0.2) is 16.5 Å². The SMILES string of the molecule is CCNCC(O)CN(C)Cc1ccc(C)o1. The molecule has 0 aliphatic heterocycles. The van der Waals surface area contributed by atoms with E-state index in [9.17, 15) is 5.11 Å². The van der Waals surface area contributed by atoms with Crippen LogP contribution in [-0.2, 0) is 6.54 Å². The van der Waals surface area contributed by atoms with Crippen LogP contribution in [0, 0.1) is 6.92 Å². The van der Waals surface area contributed by atoms with Crippen molar-refractivity contribution in [3.05, 3.63) is 23.7 Å². The highest BCUT2D eigenvalue weighted by atomic mass is 16.3. The van der Waals surface area contributed by atoms with Crippen molar-refractivity contribution >= 4 is 0 Å². The second-order valence-electron chi connectivity index (χ2n) is 4.17. The van der Waals surface area contributed by atoms with Crippen LogP contribution in [0.2, 0.25) is 0 Å². The van der Waals surface area contributed by atoms with E-state index in [-0.39, 0.29) is 6.10 Å². The minimum absolute atomic E-state index is 0.332. The second-order valence-corrected chi connectivity index (χ2v) is 4.17. The van der Waals surface area contributed by atoms with Crippen LogP contribution in [0.5, 0.6) is 0 Å². The first kappa shape index (κ1) is 13.2. The van der Waals surface area contributed by atoms with Gasteiger partial charge in [-0.1, -0.05) is 6.92 Å². The van der Waals surface area contributed by atoms with Gasteiger partial charge in [0.1, 0.15) is 11.5 Å². The highest BCUT2D eigenvalue weighted by Gasteiger charge is 2.09. The average Bonchev–Trinajstić information content (AvgIpc) is 2.60. The second kappa shape index (κ2) is 6.68. The molecule has 0 radical (unpaired) electrons. The quantitative estimate of drug-likeness (QED) is 0.728. The van der Waals surface area contributed by atoms with Gasteiger partial charge in [0.25, 0.3) is 0 Å². The van der Waals surface area contributed by atoms with Crippen molar-refractivity contribution < 1.29 is 9.52 Å². The van der Waals surface area contributed by atoms with Gasteiger partial charge in [-0.25, -0.2) is 0 Å². The van der Waals surface area contributed by atoms with Gasteiger partial charge in [-0.05, 0) is 32.6 Å². The molecule has 4 heteroatoms. The Morgan fingerprint density at radius 2 is 2.25 bits per heavy atom. The number of rotatable bonds is 7. The smallest absolute Gasteiger partial charge is 0.118 e. The molecule has 4 nitrogen and oxygen atoms in total. The maximum absolute atomic E-state index is 9.70. The molecule has 16 heavy (non-hydrogen) atoms. The van der Waals surface area contributed by atoms with E-state index in [4.69, 9.17) is 4.42 Å². The molecule has 0 spiro atoms. The van der Waals surface area contributed by atoms with Crippen LogP contribution in [-0.4, -0.2) is 42.8 Å². The summed E-state index contributed by atoms with van der Waals surface area (Å²) in [6, 6.07) is 3.93. The van der Waals surface area contributed by atoms with Gasteiger partial charge in [0.05, 0.1) is 12.6 Å². The normalized spacial score (nSPS) is 13.3. The molecular weight excluding hydrogens is 204 g/mol. The molecule has 2 N–H and O–H groups in total. The maximum atomic E-state index is 9.70. The van der Waals surface area contributed by atoms with Gasteiger partial charge in [0, 0.05) is 13.1 Å². The summed E-state index contributed by atoms with van der Waals surface area (Å²) < 4.78 is 5.48. The lowest BCUT2D eigenvalue weighted by Gasteiger charge is -2.19. The van der Waals surface area contributed by atoms with Crippen LogP contribution < -0.4 is 5.32 Å². The summed E-state index contributed by atoms with van der Waals surface area (Å²) in [4.78, 5) is 2.06. The summed E-state index contributed by atoms with van der Waals surface area (Å²) in [6.07, 6.45) is -0.332. The van der Waals surface area contributed by atoms with Crippen molar-refractivity contribution in [1.82, 2.24) is 10.2 Å². The van der Waals surface area contributed by atoms with E-state index in [2.05, 4.69) is 10.2 Å². The first-order chi connectivity index (χ1) is 7.61. The van der Waals surface area contributed by atoms with E-state index in [1.54, 1.807) is 0 Å².